The Morgan fingerprint density at radius 1 is 1.56 bits per heavy atom. The molecule has 1 aromatic rings. The van der Waals surface area contributed by atoms with E-state index in [1.807, 2.05) is 24.9 Å². The lowest BCUT2D eigenvalue weighted by Gasteiger charge is -2.25. The van der Waals surface area contributed by atoms with Crippen molar-refractivity contribution in [2.75, 3.05) is 23.5 Å². The predicted octanol–water partition coefficient (Wildman–Crippen LogP) is 2.04. The molecule has 2 heterocycles. The Kier molecular flexibility index (Phi) is 3.71. The van der Waals surface area contributed by atoms with Crippen molar-refractivity contribution in [3.05, 3.63) is 23.9 Å². The predicted molar refractivity (Wildman–Crippen MR) is 71.0 cm³/mol. The SMILES string of the molecule is C[C@H](N)c1ccc(N(C)C2CCSC2)nc1. The van der Waals surface area contributed by atoms with Gasteiger partial charge < -0.3 is 10.6 Å². The van der Waals surface area contributed by atoms with Crippen molar-refractivity contribution in [1.82, 2.24) is 4.98 Å². The minimum atomic E-state index is 0.0638. The molecule has 0 amide bonds. The molecule has 0 bridgehead atoms. The Hall–Kier alpha value is -0.740. The molecule has 0 aromatic carbocycles. The summed E-state index contributed by atoms with van der Waals surface area (Å²) in [6.45, 7) is 1.98. The highest BCUT2D eigenvalue weighted by molar-refractivity contribution is 7.99. The molecule has 0 radical (unpaired) electrons. The fourth-order valence-corrected chi connectivity index (χ4v) is 3.16. The first-order chi connectivity index (χ1) is 7.68. The van der Waals surface area contributed by atoms with Crippen molar-refractivity contribution < 1.29 is 0 Å². The van der Waals surface area contributed by atoms with Gasteiger partial charge in [0, 0.05) is 31.1 Å². The smallest absolute Gasteiger partial charge is 0.128 e. The summed E-state index contributed by atoms with van der Waals surface area (Å²) < 4.78 is 0. The number of pyridine rings is 1. The molecule has 0 saturated carbocycles. The summed E-state index contributed by atoms with van der Waals surface area (Å²) in [5.41, 5.74) is 6.90. The van der Waals surface area contributed by atoms with Gasteiger partial charge in [-0.2, -0.15) is 11.8 Å². The number of nitrogens with zero attached hydrogens (tertiary/aromatic N) is 2. The average Bonchev–Trinajstić information content (AvgIpc) is 2.81. The van der Waals surface area contributed by atoms with Crippen molar-refractivity contribution in [2.45, 2.75) is 25.4 Å². The highest BCUT2D eigenvalue weighted by Gasteiger charge is 2.20. The largest absolute Gasteiger partial charge is 0.356 e. The molecule has 1 fully saturated rings. The molecule has 2 N–H and O–H groups in total. The number of anilines is 1. The zero-order chi connectivity index (χ0) is 11.5. The van der Waals surface area contributed by atoms with Gasteiger partial charge in [0.1, 0.15) is 5.82 Å². The number of thioether (sulfide) groups is 1. The lowest BCUT2D eigenvalue weighted by molar-refractivity contribution is 0.690. The fraction of sp³-hybridized carbons (Fsp3) is 0.583. The summed E-state index contributed by atoms with van der Waals surface area (Å²) in [6, 6.07) is 4.85. The fourth-order valence-electron chi connectivity index (χ4n) is 1.89. The zero-order valence-corrected chi connectivity index (χ0v) is 10.7. The Morgan fingerprint density at radius 2 is 2.38 bits per heavy atom. The van der Waals surface area contributed by atoms with E-state index in [-0.39, 0.29) is 6.04 Å². The second-order valence-corrected chi connectivity index (χ2v) is 5.52. The van der Waals surface area contributed by atoms with Gasteiger partial charge in [-0.25, -0.2) is 4.98 Å². The topological polar surface area (TPSA) is 42.1 Å². The molecule has 2 rings (SSSR count). The molecule has 0 spiro atoms. The van der Waals surface area contributed by atoms with E-state index in [9.17, 15) is 0 Å². The lowest BCUT2D eigenvalue weighted by Crippen LogP contribution is -2.31. The van der Waals surface area contributed by atoms with Crippen LogP contribution in [-0.4, -0.2) is 29.6 Å². The summed E-state index contributed by atoms with van der Waals surface area (Å²) in [5, 5.41) is 0. The monoisotopic (exact) mass is 237 g/mol. The second-order valence-electron chi connectivity index (χ2n) is 4.37. The van der Waals surface area contributed by atoms with Crippen LogP contribution in [0.15, 0.2) is 18.3 Å². The maximum Gasteiger partial charge on any atom is 0.128 e. The third-order valence-corrected chi connectivity index (χ3v) is 4.26. The van der Waals surface area contributed by atoms with Crippen LogP contribution in [0.1, 0.15) is 24.9 Å². The number of hydrogen-bond donors (Lipinski definition) is 1. The average molecular weight is 237 g/mol. The first-order valence-corrected chi connectivity index (χ1v) is 6.86. The zero-order valence-electron chi connectivity index (χ0n) is 9.89. The normalized spacial score (nSPS) is 22.1. The number of rotatable bonds is 3. The molecular weight excluding hydrogens is 218 g/mol. The maximum atomic E-state index is 5.81. The highest BCUT2D eigenvalue weighted by Crippen LogP contribution is 2.25. The molecular formula is C12H19N3S. The van der Waals surface area contributed by atoms with E-state index in [0.29, 0.717) is 6.04 Å². The van der Waals surface area contributed by atoms with E-state index >= 15 is 0 Å². The summed E-state index contributed by atoms with van der Waals surface area (Å²) >= 11 is 2.02. The van der Waals surface area contributed by atoms with Crippen LogP contribution in [0.2, 0.25) is 0 Å². The van der Waals surface area contributed by atoms with Crippen molar-refractivity contribution in [1.29, 1.82) is 0 Å². The van der Waals surface area contributed by atoms with Crippen LogP contribution in [0.3, 0.4) is 0 Å². The van der Waals surface area contributed by atoms with Crippen molar-refractivity contribution in [3.63, 3.8) is 0 Å². The molecule has 1 unspecified atom stereocenters. The molecule has 16 heavy (non-hydrogen) atoms. The highest BCUT2D eigenvalue weighted by atomic mass is 32.2. The molecule has 1 saturated heterocycles. The van der Waals surface area contributed by atoms with Gasteiger partial charge in [0.2, 0.25) is 0 Å². The van der Waals surface area contributed by atoms with Crippen LogP contribution in [0.4, 0.5) is 5.82 Å². The first kappa shape index (κ1) is 11.7. The summed E-state index contributed by atoms with van der Waals surface area (Å²) in [4.78, 5) is 6.76. The standard InChI is InChI=1S/C12H19N3S/c1-9(13)10-3-4-12(14-7-10)15(2)11-5-6-16-8-11/h3-4,7,9,11H,5-6,8,13H2,1-2H3/t9-,11?/m0/s1. The molecule has 3 nitrogen and oxygen atoms in total. The van der Waals surface area contributed by atoms with E-state index in [4.69, 9.17) is 5.73 Å². The van der Waals surface area contributed by atoms with Gasteiger partial charge >= 0.3 is 0 Å². The van der Waals surface area contributed by atoms with E-state index in [2.05, 4.69) is 29.1 Å². The third kappa shape index (κ3) is 2.50. The molecule has 88 valence electrons. The Balaban J connectivity index is 2.08. The quantitative estimate of drug-likeness (QED) is 0.873. The minimum Gasteiger partial charge on any atom is -0.356 e. The van der Waals surface area contributed by atoms with Gasteiger partial charge in [0.25, 0.3) is 0 Å². The molecule has 1 aromatic heterocycles. The van der Waals surface area contributed by atoms with Crippen molar-refractivity contribution in [3.8, 4) is 0 Å². The number of hydrogen-bond acceptors (Lipinski definition) is 4. The van der Waals surface area contributed by atoms with Gasteiger partial charge in [0.15, 0.2) is 0 Å². The van der Waals surface area contributed by atoms with Crippen LogP contribution in [0.5, 0.6) is 0 Å². The van der Waals surface area contributed by atoms with Crippen LogP contribution in [-0.2, 0) is 0 Å². The number of aromatic nitrogens is 1. The van der Waals surface area contributed by atoms with Gasteiger partial charge in [0.05, 0.1) is 0 Å². The van der Waals surface area contributed by atoms with Crippen LogP contribution in [0, 0.1) is 0 Å². The van der Waals surface area contributed by atoms with Crippen LogP contribution >= 0.6 is 11.8 Å². The molecule has 0 aliphatic carbocycles. The molecule has 1 aliphatic heterocycles. The second kappa shape index (κ2) is 5.06. The Bertz CT molecular complexity index is 331. The van der Waals surface area contributed by atoms with Crippen molar-refractivity contribution in [2.24, 2.45) is 5.73 Å². The minimum absolute atomic E-state index is 0.0638. The maximum absolute atomic E-state index is 5.81. The molecule has 1 aliphatic rings. The van der Waals surface area contributed by atoms with E-state index < -0.39 is 0 Å². The van der Waals surface area contributed by atoms with Gasteiger partial charge in [-0.15, -0.1) is 0 Å². The summed E-state index contributed by atoms with van der Waals surface area (Å²) in [5.74, 6) is 3.54. The molecule has 2 atom stereocenters. The van der Waals surface area contributed by atoms with Crippen LogP contribution < -0.4 is 10.6 Å². The molecule has 4 heteroatoms. The Morgan fingerprint density at radius 3 is 2.88 bits per heavy atom. The lowest BCUT2D eigenvalue weighted by atomic mass is 10.1. The van der Waals surface area contributed by atoms with E-state index in [1.165, 1.54) is 17.9 Å². The van der Waals surface area contributed by atoms with Crippen LogP contribution in [0.25, 0.3) is 0 Å². The van der Waals surface area contributed by atoms with Gasteiger partial charge in [-0.1, -0.05) is 6.07 Å². The first-order valence-electron chi connectivity index (χ1n) is 5.70. The van der Waals surface area contributed by atoms with E-state index in [0.717, 1.165) is 11.4 Å². The number of nitrogens with two attached hydrogens (primary N) is 1. The third-order valence-electron chi connectivity index (χ3n) is 3.11. The van der Waals surface area contributed by atoms with Crippen molar-refractivity contribution >= 4 is 17.6 Å². The summed E-state index contributed by atoms with van der Waals surface area (Å²) in [6.07, 6.45) is 3.15. The summed E-state index contributed by atoms with van der Waals surface area (Å²) in [7, 11) is 2.13. The Labute approximate surface area is 101 Å². The van der Waals surface area contributed by atoms with Gasteiger partial charge in [-0.05, 0) is 30.7 Å². The van der Waals surface area contributed by atoms with E-state index in [1.54, 1.807) is 0 Å². The van der Waals surface area contributed by atoms with Gasteiger partial charge in [-0.3, -0.25) is 0 Å².